The standard InChI is InChI=1S/C7H6ClN5.C7H16O/c8-3-1-4-5(11-2-3)6(9)13-7(10)12-4;1-3-4-5-7(2)6-8/h1-2H,(H4,9,10,12,13);7-8H,3-6H2,1-2H3. The van der Waals surface area contributed by atoms with Crippen LogP contribution in [0.4, 0.5) is 11.8 Å². The van der Waals surface area contributed by atoms with E-state index in [0.29, 0.717) is 28.6 Å². The van der Waals surface area contributed by atoms with Gasteiger partial charge in [-0.25, -0.2) is 9.97 Å². The van der Waals surface area contributed by atoms with Crippen LogP contribution >= 0.6 is 11.6 Å². The van der Waals surface area contributed by atoms with Crippen molar-refractivity contribution in [3.63, 3.8) is 0 Å². The predicted octanol–water partition coefficient (Wildman–Crippen LogP) is 2.65. The summed E-state index contributed by atoms with van der Waals surface area (Å²) in [6.45, 7) is 4.60. The Balaban J connectivity index is 0.000000240. The van der Waals surface area contributed by atoms with Gasteiger partial charge in [-0.1, -0.05) is 38.3 Å². The van der Waals surface area contributed by atoms with Crippen LogP contribution in [-0.4, -0.2) is 26.7 Å². The molecule has 0 aliphatic carbocycles. The molecule has 2 rings (SSSR count). The van der Waals surface area contributed by atoms with Gasteiger partial charge in [0.1, 0.15) is 5.52 Å². The van der Waals surface area contributed by atoms with Crippen molar-refractivity contribution in [2.24, 2.45) is 5.92 Å². The average Bonchev–Trinajstić information content (AvgIpc) is 2.44. The van der Waals surface area contributed by atoms with E-state index in [9.17, 15) is 0 Å². The molecule has 6 nitrogen and oxygen atoms in total. The van der Waals surface area contributed by atoms with Crippen LogP contribution in [0.25, 0.3) is 11.0 Å². The van der Waals surface area contributed by atoms with Gasteiger partial charge in [-0.2, -0.15) is 4.98 Å². The van der Waals surface area contributed by atoms with Crippen LogP contribution in [0.15, 0.2) is 12.3 Å². The monoisotopic (exact) mass is 311 g/mol. The van der Waals surface area contributed by atoms with Crippen LogP contribution in [0.3, 0.4) is 0 Å². The highest BCUT2D eigenvalue weighted by Crippen LogP contribution is 2.19. The maximum atomic E-state index is 8.56. The number of aromatic nitrogens is 3. The van der Waals surface area contributed by atoms with Crippen molar-refractivity contribution >= 4 is 34.4 Å². The van der Waals surface area contributed by atoms with Crippen LogP contribution in [-0.2, 0) is 0 Å². The normalized spacial score (nSPS) is 11.8. The Morgan fingerprint density at radius 2 is 2.05 bits per heavy atom. The van der Waals surface area contributed by atoms with Crippen molar-refractivity contribution in [2.45, 2.75) is 33.1 Å². The van der Waals surface area contributed by atoms with Crippen LogP contribution in [0.2, 0.25) is 5.02 Å². The van der Waals surface area contributed by atoms with Crippen LogP contribution in [0, 0.1) is 5.92 Å². The average molecular weight is 312 g/mol. The van der Waals surface area contributed by atoms with Gasteiger partial charge in [0, 0.05) is 12.8 Å². The number of pyridine rings is 1. The largest absolute Gasteiger partial charge is 0.396 e. The highest BCUT2D eigenvalue weighted by Gasteiger charge is 2.04. The first kappa shape index (κ1) is 17.4. The highest BCUT2D eigenvalue weighted by atomic mass is 35.5. The molecular formula is C14H22ClN5O. The van der Waals surface area contributed by atoms with E-state index in [2.05, 4.69) is 28.8 Å². The van der Waals surface area contributed by atoms with Crippen molar-refractivity contribution in [2.75, 3.05) is 18.1 Å². The number of rotatable bonds is 4. The van der Waals surface area contributed by atoms with E-state index in [0.717, 1.165) is 0 Å². The van der Waals surface area contributed by atoms with Crippen molar-refractivity contribution < 1.29 is 5.11 Å². The minimum Gasteiger partial charge on any atom is -0.396 e. The lowest BCUT2D eigenvalue weighted by atomic mass is 10.1. The zero-order valence-electron chi connectivity index (χ0n) is 12.4. The lowest BCUT2D eigenvalue weighted by Gasteiger charge is -2.03. The third-order valence-corrected chi connectivity index (χ3v) is 3.12. The molecule has 7 heteroatoms. The summed E-state index contributed by atoms with van der Waals surface area (Å²) in [4.78, 5) is 11.7. The molecule has 0 aliphatic heterocycles. The summed E-state index contributed by atoms with van der Waals surface area (Å²) in [6.07, 6.45) is 5.15. The summed E-state index contributed by atoms with van der Waals surface area (Å²) < 4.78 is 0. The van der Waals surface area contributed by atoms with Crippen LogP contribution < -0.4 is 11.5 Å². The molecule has 2 aromatic rings. The van der Waals surface area contributed by atoms with E-state index in [1.165, 1.54) is 25.5 Å². The van der Waals surface area contributed by atoms with E-state index in [1.54, 1.807) is 6.07 Å². The smallest absolute Gasteiger partial charge is 0.222 e. The fourth-order valence-electron chi connectivity index (χ4n) is 1.68. The molecule has 0 aliphatic rings. The first-order valence-corrected chi connectivity index (χ1v) is 7.30. The molecule has 0 amide bonds. The summed E-state index contributed by atoms with van der Waals surface area (Å²) in [5, 5.41) is 9.05. The molecule has 1 atom stereocenters. The lowest BCUT2D eigenvalue weighted by molar-refractivity contribution is 0.228. The number of hydrogen-bond acceptors (Lipinski definition) is 6. The maximum absolute atomic E-state index is 8.56. The first-order valence-electron chi connectivity index (χ1n) is 6.93. The van der Waals surface area contributed by atoms with Gasteiger partial charge >= 0.3 is 0 Å². The van der Waals surface area contributed by atoms with Gasteiger partial charge in [0.2, 0.25) is 5.95 Å². The number of halogens is 1. The summed E-state index contributed by atoms with van der Waals surface area (Å²) in [5.74, 6) is 0.892. The quantitative estimate of drug-likeness (QED) is 0.800. The topological polar surface area (TPSA) is 111 Å². The van der Waals surface area contributed by atoms with E-state index in [1.807, 2.05) is 0 Å². The fraction of sp³-hybridized carbons (Fsp3) is 0.500. The zero-order valence-corrected chi connectivity index (χ0v) is 13.1. The molecule has 5 N–H and O–H groups in total. The number of nitrogens with zero attached hydrogens (tertiary/aromatic N) is 3. The Labute approximate surface area is 129 Å². The number of nitrogens with two attached hydrogens (primary N) is 2. The number of aliphatic hydroxyl groups is 1. The molecule has 2 heterocycles. The molecule has 116 valence electrons. The van der Waals surface area contributed by atoms with Gasteiger partial charge in [-0.3, -0.25) is 0 Å². The Hall–Kier alpha value is -1.66. The summed E-state index contributed by atoms with van der Waals surface area (Å²) >= 11 is 5.72. The molecule has 21 heavy (non-hydrogen) atoms. The van der Waals surface area contributed by atoms with Gasteiger partial charge in [0.25, 0.3) is 0 Å². The minimum atomic E-state index is 0.120. The van der Waals surface area contributed by atoms with Crippen molar-refractivity contribution in [3.8, 4) is 0 Å². The van der Waals surface area contributed by atoms with E-state index in [4.69, 9.17) is 28.2 Å². The molecule has 1 unspecified atom stereocenters. The molecule has 0 bridgehead atoms. The number of nitrogen functional groups attached to an aromatic ring is 2. The predicted molar refractivity (Wildman–Crippen MR) is 86.9 cm³/mol. The Morgan fingerprint density at radius 3 is 2.67 bits per heavy atom. The number of unbranched alkanes of at least 4 members (excludes halogenated alkanes) is 1. The third kappa shape index (κ3) is 5.69. The van der Waals surface area contributed by atoms with Crippen LogP contribution in [0.1, 0.15) is 33.1 Å². The van der Waals surface area contributed by atoms with Gasteiger partial charge in [-0.05, 0) is 18.4 Å². The second-order valence-corrected chi connectivity index (χ2v) is 5.35. The molecule has 0 saturated heterocycles. The number of anilines is 2. The Bertz CT molecular complexity index is 573. The van der Waals surface area contributed by atoms with Crippen molar-refractivity contribution in [1.82, 2.24) is 15.0 Å². The SMILES string of the molecule is CCCCC(C)CO.Nc1nc(N)c2ncc(Cl)cc2n1. The molecule has 0 aromatic carbocycles. The molecule has 2 aromatic heterocycles. The fourth-order valence-corrected chi connectivity index (χ4v) is 1.83. The Kier molecular flexibility index (Phi) is 7.11. The summed E-state index contributed by atoms with van der Waals surface area (Å²) in [5.41, 5.74) is 12.0. The first-order chi connectivity index (χ1) is 9.97. The second kappa shape index (κ2) is 8.59. The molecule has 0 radical (unpaired) electrons. The summed E-state index contributed by atoms with van der Waals surface area (Å²) in [6, 6.07) is 1.64. The van der Waals surface area contributed by atoms with Crippen LogP contribution in [0.5, 0.6) is 0 Å². The number of aliphatic hydroxyl groups excluding tert-OH is 1. The van der Waals surface area contributed by atoms with Gasteiger partial charge in [0.15, 0.2) is 5.82 Å². The van der Waals surface area contributed by atoms with E-state index in [-0.39, 0.29) is 11.8 Å². The third-order valence-electron chi connectivity index (χ3n) is 2.91. The highest BCUT2D eigenvalue weighted by molar-refractivity contribution is 6.31. The Morgan fingerprint density at radius 1 is 1.33 bits per heavy atom. The molecule has 0 fully saturated rings. The minimum absolute atomic E-state index is 0.120. The van der Waals surface area contributed by atoms with Gasteiger partial charge < -0.3 is 16.6 Å². The van der Waals surface area contributed by atoms with E-state index >= 15 is 0 Å². The van der Waals surface area contributed by atoms with Crippen molar-refractivity contribution in [3.05, 3.63) is 17.3 Å². The second-order valence-electron chi connectivity index (χ2n) is 4.92. The van der Waals surface area contributed by atoms with Crippen molar-refractivity contribution in [1.29, 1.82) is 0 Å². The number of hydrogen-bond donors (Lipinski definition) is 3. The molecule has 0 saturated carbocycles. The molecule has 0 spiro atoms. The zero-order chi connectivity index (χ0) is 15.8. The molecular weight excluding hydrogens is 290 g/mol. The van der Waals surface area contributed by atoms with E-state index < -0.39 is 0 Å². The van der Waals surface area contributed by atoms with Gasteiger partial charge in [-0.15, -0.1) is 0 Å². The summed E-state index contributed by atoms with van der Waals surface area (Å²) in [7, 11) is 0. The number of fused-ring (bicyclic) bond motifs is 1. The van der Waals surface area contributed by atoms with Gasteiger partial charge in [0.05, 0.1) is 10.5 Å². The lowest BCUT2D eigenvalue weighted by Crippen LogP contribution is -2.01. The maximum Gasteiger partial charge on any atom is 0.222 e.